The molecule has 0 aliphatic rings. The van der Waals surface area contributed by atoms with Crippen LogP contribution in [0, 0.1) is 0 Å². The maximum absolute atomic E-state index is 11.8. The van der Waals surface area contributed by atoms with Gasteiger partial charge in [0.15, 0.2) is 0 Å². The number of esters is 1. The number of ether oxygens (including phenoxy) is 1. The second-order valence-electron chi connectivity index (χ2n) is 4.07. The third kappa shape index (κ3) is 5.09. The molecule has 1 aromatic rings. The number of rotatable bonds is 7. The van der Waals surface area contributed by atoms with Gasteiger partial charge >= 0.3 is 11.9 Å². The fraction of sp³-hybridized carbons (Fsp3) is 0.357. The van der Waals surface area contributed by atoms with E-state index in [1.807, 2.05) is 0 Å². The van der Waals surface area contributed by atoms with Crippen molar-refractivity contribution in [1.82, 2.24) is 5.32 Å². The van der Waals surface area contributed by atoms with Gasteiger partial charge in [-0.3, -0.25) is 9.59 Å². The van der Waals surface area contributed by atoms with Crippen molar-refractivity contribution in [2.75, 3.05) is 6.61 Å². The van der Waals surface area contributed by atoms with E-state index in [0.29, 0.717) is 5.56 Å². The summed E-state index contributed by atoms with van der Waals surface area (Å²) in [5.41, 5.74) is 0.370. The maximum atomic E-state index is 11.8. The summed E-state index contributed by atoms with van der Waals surface area (Å²) >= 11 is 0. The minimum atomic E-state index is -1.18. The van der Waals surface area contributed by atoms with E-state index in [9.17, 15) is 14.4 Å². The maximum Gasteiger partial charge on any atom is 0.326 e. The van der Waals surface area contributed by atoms with Crippen molar-refractivity contribution in [3.8, 4) is 0 Å². The Labute approximate surface area is 116 Å². The second kappa shape index (κ2) is 7.93. The summed E-state index contributed by atoms with van der Waals surface area (Å²) in [5, 5.41) is 11.4. The average Bonchev–Trinajstić information content (AvgIpc) is 2.44. The average molecular weight is 279 g/mol. The number of hydrogen-bond acceptors (Lipinski definition) is 4. The Morgan fingerprint density at radius 3 is 2.45 bits per heavy atom. The molecule has 6 heteroatoms. The Morgan fingerprint density at radius 1 is 1.25 bits per heavy atom. The fourth-order valence-electron chi connectivity index (χ4n) is 1.58. The lowest BCUT2D eigenvalue weighted by atomic mass is 10.1. The highest BCUT2D eigenvalue weighted by atomic mass is 16.5. The van der Waals surface area contributed by atoms with Crippen molar-refractivity contribution in [2.45, 2.75) is 25.8 Å². The third-order valence-electron chi connectivity index (χ3n) is 2.58. The Hall–Kier alpha value is -2.37. The number of carbonyl (C=O) groups is 3. The molecule has 0 aliphatic heterocycles. The Bertz CT molecular complexity index is 472. The van der Waals surface area contributed by atoms with Crippen LogP contribution in [0.2, 0.25) is 0 Å². The number of benzene rings is 1. The Kier molecular flexibility index (Phi) is 6.22. The molecule has 0 unspecified atom stereocenters. The molecule has 1 aromatic carbocycles. The monoisotopic (exact) mass is 279 g/mol. The van der Waals surface area contributed by atoms with E-state index in [1.165, 1.54) is 0 Å². The molecule has 1 rings (SSSR count). The molecule has 6 nitrogen and oxygen atoms in total. The summed E-state index contributed by atoms with van der Waals surface area (Å²) in [6, 6.07) is 7.17. The Morgan fingerprint density at radius 2 is 1.90 bits per heavy atom. The topological polar surface area (TPSA) is 92.7 Å². The quantitative estimate of drug-likeness (QED) is 0.732. The first kappa shape index (κ1) is 15.7. The summed E-state index contributed by atoms with van der Waals surface area (Å²) in [6.45, 7) is 1.91. The van der Waals surface area contributed by atoms with Crippen LogP contribution in [0.5, 0.6) is 0 Å². The zero-order valence-electron chi connectivity index (χ0n) is 11.2. The standard InChI is InChI=1S/C14H17NO5/c1-2-20-12(16)9-8-11(14(18)19)15-13(17)10-6-4-3-5-7-10/h3-7,11H,2,8-9H2,1H3,(H,15,17)(H,18,19)/t11-/m0/s1. The molecule has 0 radical (unpaired) electrons. The zero-order valence-corrected chi connectivity index (χ0v) is 11.2. The molecule has 0 bridgehead atoms. The largest absolute Gasteiger partial charge is 0.480 e. The van der Waals surface area contributed by atoms with E-state index in [-0.39, 0.29) is 19.4 Å². The molecule has 0 aromatic heterocycles. The Balaban J connectivity index is 2.57. The van der Waals surface area contributed by atoms with Crippen molar-refractivity contribution in [3.05, 3.63) is 35.9 Å². The van der Waals surface area contributed by atoms with Gasteiger partial charge in [-0.25, -0.2) is 4.79 Å². The number of carboxylic acids is 1. The van der Waals surface area contributed by atoms with E-state index in [1.54, 1.807) is 37.3 Å². The van der Waals surface area contributed by atoms with E-state index in [4.69, 9.17) is 9.84 Å². The normalized spacial score (nSPS) is 11.4. The van der Waals surface area contributed by atoms with Gasteiger partial charge in [0.05, 0.1) is 6.61 Å². The molecule has 2 N–H and O–H groups in total. The summed E-state index contributed by atoms with van der Waals surface area (Å²) < 4.78 is 4.72. The van der Waals surface area contributed by atoms with Gasteiger partial charge in [0, 0.05) is 12.0 Å². The fourth-order valence-corrected chi connectivity index (χ4v) is 1.58. The number of hydrogen-bond donors (Lipinski definition) is 2. The van der Waals surface area contributed by atoms with Crippen molar-refractivity contribution >= 4 is 17.8 Å². The number of carbonyl (C=O) groups excluding carboxylic acids is 2. The molecule has 1 atom stereocenters. The molecule has 0 fully saturated rings. The van der Waals surface area contributed by atoms with Crippen molar-refractivity contribution in [1.29, 1.82) is 0 Å². The number of aliphatic carboxylic acids is 1. The van der Waals surface area contributed by atoms with Gasteiger partial charge in [-0.1, -0.05) is 18.2 Å². The minimum absolute atomic E-state index is 0.00720. The van der Waals surface area contributed by atoms with Crippen LogP contribution in [-0.4, -0.2) is 35.6 Å². The smallest absolute Gasteiger partial charge is 0.326 e. The van der Waals surface area contributed by atoms with Gasteiger partial charge in [-0.05, 0) is 25.5 Å². The highest BCUT2D eigenvalue weighted by Crippen LogP contribution is 2.04. The molecule has 0 aliphatic carbocycles. The number of amides is 1. The van der Waals surface area contributed by atoms with Crippen LogP contribution < -0.4 is 5.32 Å². The minimum Gasteiger partial charge on any atom is -0.480 e. The lowest BCUT2D eigenvalue weighted by Gasteiger charge is -2.14. The molecule has 0 heterocycles. The molecule has 20 heavy (non-hydrogen) atoms. The summed E-state index contributed by atoms with van der Waals surface area (Å²) in [5.74, 6) is -2.15. The van der Waals surface area contributed by atoms with Gasteiger partial charge in [0.1, 0.15) is 6.04 Å². The third-order valence-corrected chi connectivity index (χ3v) is 2.58. The molecule has 0 saturated carbocycles. The molecule has 1 amide bonds. The van der Waals surface area contributed by atoms with E-state index >= 15 is 0 Å². The highest BCUT2D eigenvalue weighted by molar-refractivity contribution is 5.96. The molecule has 0 saturated heterocycles. The van der Waals surface area contributed by atoms with Crippen molar-refractivity contribution < 1.29 is 24.2 Å². The van der Waals surface area contributed by atoms with Gasteiger partial charge in [-0.2, -0.15) is 0 Å². The predicted octanol–water partition coefficient (Wildman–Crippen LogP) is 1.21. The summed E-state index contributed by atoms with van der Waals surface area (Å²) in [6.07, 6.45) is -0.0629. The second-order valence-corrected chi connectivity index (χ2v) is 4.07. The van der Waals surface area contributed by atoms with E-state index in [2.05, 4.69) is 5.32 Å². The SMILES string of the molecule is CCOC(=O)CC[C@H](NC(=O)c1ccccc1)C(=O)O. The number of nitrogens with one attached hydrogen (secondary N) is 1. The summed E-state index contributed by atoms with van der Waals surface area (Å²) in [4.78, 5) is 34.1. The van der Waals surface area contributed by atoms with Gasteiger partial charge in [0.25, 0.3) is 5.91 Å². The van der Waals surface area contributed by atoms with Gasteiger partial charge in [-0.15, -0.1) is 0 Å². The van der Waals surface area contributed by atoms with Crippen LogP contribution >= 0.6 is 0 Å². The molecular formula is C14H17NO5. The van der Waals surface area contributed by atoms with Crippen molar-refractivity contribution in [3.63, 3.8) is 0 Å². The lowest BCUT2D eigenvalue weighted by Crippen LogP contribution is -2.41. The van der Waals surface area contributed by atoms with Crippen LogP contribution in [0.15, 0.2) is 30.3 Å². The first-order valence-electron chi connectivity index (χ1n) is 6.29. The van der Waals surface area contributed by atoms with Gasteiger partial charge < -0.3 is 15.2 Å². The molecular weight excluding hydrogens is 262 g/mol. The van der Waals surface area contributed by atoms with Crippen LogP contribution in [-0.2, 0) is 14.3 Å². The van der Waals surface area contributed by atoms with Crippen LogP contribution in [0.25, 0.3) is 0 Å². The highest BCUT2D eigenvalue weighted by Gasteiger charge is 2.21. The van der Waals surface area contributed by atoms with Crippen LogP contribution in [0.1, 0.15) is 30.1 Å². The predicted molar refractivity (Wildman–Crippen MR) is 71.2 cm³/mol. The zero-order chi connectivity index (χ0) is 15.0. The first-order valence-corrected chi connectivity index (χ1v) is 6.29. The van der Waals surface area contributed by atoms with Crippen LogP contribution in [0.3, 0.4) is 0 Å². The first-order chi connectivity index (χ1) is 9.54. The lowest BCUT2D eigenvalue weighted by molar-refractivity contribution is -0.144. The molecule has 0 spiro atoms. The van der Waals surface area contributed by atoms with Crippen molar-refractivity contribution in [2.24, 2.45) is 0 Å². The van der Waals surface area contributed by atoms with Crippen LogP contribution in [0.4, 0.5) is 0 Å². The number of carboxylic acid groups (broad SMARTS) is 1. The van der Waals surface area contributed by atoms with E-state index in [0.717, 1.165) is 0 Å². The van der Waals surface area contributed by atoms with E-state index < -0.39 is 23.9 Å². The summed E-state index contributed by atoms with van der Waals surface area (Å²) in [7, 11) is 0. The van der Waals surface area contributed by atoms with Gasteiger partial charge in [0.2, 0.25) is 0 Å². The molecule has 108 valence electrons.